The molecule has 0 spiro atoms. The first-order chi connectivity index (χ1) is 8.53. The van der Waals surface area contributed by atoms with Crippen LogP contribution in [0.1, 0.15) is 12.8 Å². The Bertz CT molecular complexity index is 550. The largest absolute Gasteiger partial charge is 0.341 e. The highest BCUT2D eigenvalue weighted by Gasteiger charge is 2.30. The van der Waals surface area contributed by atoms with Gasteiger partial charge in [-0.25, -0.2) is 13.2 Å². The number of anilines is 1. The zero-order valence-electron chi connectivity index (χ0n) is 10.1. The Balaban J connectivity index is 2.28. The third-order valence-corrected chi connectivity index (χ3v) is 4.79. The van der Waals surface area contributed by atoms with E-state index in [4.69, 9.17) is 0 Å². The van der Waals surface area contributed by atoms with Crippen molar-refractivity contribution in [1.29, 1.82) is 0 Å². The van der Waals surface area contributed by atoms with Gasteiger partial charge in [0.1, 0.15) is 0 Å². The molecule has 1 fully saturated rings. The lowest BCUT2D eigenvalue weighted by Gasteiger charge is -2.11. The van der Waals surface area contributed by atoms with Gasteiger partial charge in [0.25, 0.3) is 0 Å². The topological polar surface area (TPSA) is 75.3 Å². The fraction of sp³-hybridized carbons (Fsp3) is 0.417. The van der Waals surface area contributed by atoms with E-state index in [1.54, 1.807) is 18.2 Å². The molecule has 18 heavy (non-hydrogen) atoms. The summed E-state index contributed by atoms with van der Waals surface area (Å²) < 4.78 is 24.4. The zero-order valence-corrected chi connectivity index (χ0v) is 11.0. The molecule has 98 valence electrons. The molecule has 0 atom stereocenters. The number of para-hydroxylation sites is 1. The van der Waals surface area contributed by atoms with Crippen LogP contribution in [0.5, 0.6) is 0 Å². The van der Waals surface area contributed by atoms with Gasteiger partial charge in [0, 0.05) is 7.05 Å². The minimum atomic E-state index is -3.32. The maximum atomic E-state index is 12.2. The summed E-state index contributed by atoms with van der Waals surface area (Å²) in [6, 6.07) is 6.05. The van der Waals surface area contributed by atoms with Gasteiger partial charge >= 0.3 is 6.03 Å². The van der Waals surface area contributed by atoms with Crippen molar-refractivity contribution < 1.29 is 13.2 Å². The van der Waals surface area contributed by atoms with E-state index >= 15 is 0 Å². The molecule has 2 amide bonds. The Morgan fingerprint density at radius 1 is 1.33 bits per heavy atom. The van der Waals surface area contributed by atoms with Crippen LogP contribution in [0.2, 0.25) is 0 Å². The Labute approximate surface area is 107 Å². The van der Waals surface area contributed by atoms with Crippen molar-refractivity contribution in [2.75, 3.05) is 18.1 Å². The second kappa shape index (κ2) is 4.97. The van der Waals surface area contributed by atoms with Gasteiger partial charge in [-0.05, 0) is 30.9 Å². The molecule has 0 aliphatic heterocycles. The fourth-order valence-electron chi connectivity index (χ4n) is 1.71. The molecular formula is C12H16N2O3S. The summed E-state index contributed by atoms with van der Waals surface area (Å²) in [6.07, 6.45) is 1.95. The normalized spacial score (nSPS) is 15.2. The third-order valence-electron chi connectivity index (χ3n) is 2.85. The SMILES string of the molecule is CNC(=O)Nc1ccccc1S(=O)(=O)CC1CC1. The summed E-state index contributed by atoms with van der Waals surface area (Å²) in [4.78, 5) is 11.5. The Morgan fingerprint density at radius 3 is 2.61 bits per heavy atom. The molecule has 1 aliphatic carbocycles. The van der Waals surface area contributed by atoms with Crippen LogP contribution < -0.4 is 10.6 Å². The predicted octanol–water partition coefficient (Wildman–Crippen LogP) is 1.62. The van der Waals surface area contributed by atoms with Crippen LogP contribution in [-0.4, -0.2) is 27.2 Å². The van der Waals surface area contributed by atoms with Crippen molar-refractivity contribution in [3.05, 3.63) is 24.3 Å². The number of sulfone groups is 1. The van der Waals surface area contributed by atoms with E-state index in [1.807, 2.05) is 0 Å². The number of rotatable bonds is 4. The lowest BCUT2D eigenvalue weighted by Crippen LogP contribution is -2.25. The lowest BCUT2D eigenvalue weighted by molar-refractivity contribution is 0.254. The second-order valence-corrected chi connectivity index (χ2v) is 6.43. The molecule has 6 heteroatoms. The van der Waals surface area contributed by atoms with E-state index in [-0.39, 0.29) is 16.6 Å². The maximum Gasteiger partial charge on any atom is 0.319 e. The number of hydrogen-bond acceptors (Lipinski definition) is 3. The van der Waals surface area contributed by atoms with Gasteiger partial charge < -0.3 is 10.6 Å². The van der Waals surface area contributed by atoms with Crippen molar-refractivity contribution in [3.63, 3.8) is 0 Å². The third kappa shape index (κ3) is 3.01. The van der Waals surface area contributed by atoms with Crippen LogP contribution in [0.4, 0.5) is 10.5 Å². The summed E-state index contributed by atoms with van der Waals surface area (Å²) >= 11 is 0. The molecule has 0 unspecified atom stereocenters. The summed E-state index contributed by atoms with van der Waals surface area (Å²) in [5.74, 6) is 0.447. The average Bonchev–Trinajstić information content (AvgIpc) is 3.12. The molecule has 0 heterocycles. The van der Waals surface area contributed by atoms with E-state index in [9.17, 15) is 13.2 Å². The van der Waals surface area contributed by atoms with Crippen LogP contribution in [0, 0.1) is 5.92 Å². The quantitative estimate of drug-likeness (QED) is 0.871. The lowest BCUT2D eigenvalue weighted by atomic mass is 10.3. The number of hydrogen-bond donors (Lipinski definition) is 2. The Kier molecular flexibility index (Phi) is 3.56. The van der Waals surface area contributed by atoms with Crippen LogP contribution in [0.25, 0.3) is 0 Å². The second-order valence-electron chi connectivity index (χ2n) is 4.43. The zero-order chi connectivity index (χ0) is 13.2. The molecule has 1 saturated carbocycles. The van der Waals surface area contributed by atoms with Gasteiger partial charge in [-0.15, -0.1) is 0 Å². The highest BCUT2D eigenvalue weighted by molar-refractivity contribution is 7.91. The molecule has 0 bridgehead atoms. The molecule has 0 saturated heterocycles. The van der Waals surface area contributed by atoms with Crippen LogP contribution in [-0.2, 0) is 9.84 Å². The summed E-state index contributed by atoms with van der Waals surface area (Å²) in [5, 5.41) is 4.93. The van der Waals surface area contributed by atoms with E-state index in [2.05, 4.69) is 10.6 Å². The number of carbonyl (C=O) groups is 1. The van der Waals surface area contributed by atoms with E-state index < -0.39 is 15.9 Å². The molecule has 0 radical (unpaired) electrons. The van der Waals surface area contributed by atoms with E-state index in [0.717, 1.165) is 12.8 Å². The monoisotopic (exact) mass is 268 g/mol. The predicted molar refractivity (Wildman–Crippen MR) is 69.3 cm³/mol. The smallest absolute Gasteiger partial charge is 0.319 e. The van der Waals surface area contributed by atoms with Crippen molar-refractivity contribution in [1.82, 2.24) is 5.32 Å². The minimum Gasteiger partial charge on any atom is -0.341 e. The molecular weight excluding hydrogens is 252 g/mol. The summed E-state index contributed by atoms with van der Waals surface area (Å²) in [7, 11) is -1.84. The first-order valence-electron chi connectivity index (χ1n) is 5.83. The van der Waals surface area contributed by atoms with Crippen LogP contribution >= 0.6 is 0 Å². The molecule has 2 rings (SSSR count). The molecule has 2 N–H and O–H groups in total. The standard InChI is InChI=1S/C12H16N2O3S/c1-13-12(15)14-10-4-2-3-5-11(10)18(16,17)8-9-6-7-9/h2-5,9H,6-8H2,1H3,(H2,13,14,15). The first kappa shape index (κ1) is 12.9. The van der Waals surface area contributed by atoms with Gasteiger partial charge in [-0.1, -0.05) is 12.1 Å². The van der Waals surface area contributed by atoms with Gasteiger partial charge in [0.15, 0.2) is 9.84 Å². The fourth-order valence-corrected chi connectivity index (χ4v) is 3.58. The van der Waals surface area contributed by atoms with Crippen molar-refractivity contribution >= 4 is 21.6 Å². The van der Waals surface area contributed by atoms with E-state index in [1.165, 1.54) is 13.1 Å². The maximum absolute atomic E-state index is 12.2. The molecule has 1 aromatic carbocycles. The number of urea groups is 1. The minimum absolute atomic E-state index is 0.166. The number of nitrogens with one attached hydrogen (secondary N) is 2. The van der Waals surface area contributed by atoms with Crippen LogP contribution in [0.15, 0.2) is 29.2 Å². The van der Waals surface area contributed by atoms with Gasteiger partial charge in [-0.2, -0.15) is 0 Å². The van der Waals surface area contributed by atoms with Crippen molar-refractivity contribution in [2.24, 2.45) is 5.92 Å². The van der Waals surface area contributed by atoms with Crippen molar-refractivity contribution in [2.45, 2.75) is 17.7 Å². The highest BCUT2D eigenvalue weighted by Crippen LogP contribution is 2.33. The van der Waals surface area contributed by atoms with Gasteiger partial charge in [-0.3, -0.25) is 0 Å². The molecule has 0 aromatic heterocycles. The van der Waals surface area contributed by atoms with Crippen LogP contribution in [0.3, 0.4) is 0 Å². The Morgan fingerprint density at radius 2 is 2.00 bits per heavy atom. The highest BCUT2D eigenvalue weighted by atomic mass is 32.2. The molecule has 1 aromatic rings. The van der Waals surface area contributed by atoms with Crippen molar-refractivity contribution in [3.8, 4) is 0 Å². The number of benzene rings is 1. The Hall–Kier alpha value is -1.56. The van der Waals surface area contributed by atoms with Gasteiger partial charge in [0.05, 0.1) is 16.3 Å². The van der Waals surface area contributed by atoms with E-state index in [0.29, 0.717) is 5.69 Å². The van der Waals surface area contributed by atoms with Gasteiger partial charge in [0.2, 0.25) is 0 Å². The average molecular weight is 268 g/mol. The molecule has 1 aliphatic rings. The number of carbonyl (C=O) groups excluding carboxylic acids is 1. The molecule has 5 nitrogen and oxygen atoms in total. The number of amides is 2. The summed E-state index contributed by atoms with van der Waals surface area (Å²) in [5.41, 5.74) is 0.331. The first-order valence-corrected chi connectivity index (χ1v) is 7.48. The summed E-state index contributed by atoms with van der Waals surface area (Å²) in [6.45, 7) is 0.